The monoisotopic (exact) mass is 540 g/mol. The van der Waals surface area contributed by atoms with Gasteiger partial charge in [0.1, 0.15) is 0 Å². The molecule has 8 nitrogen and oxygen atoms in total. The molecule has 0 unspecified atom stereocenters. The van der Waals surface area contributed by atoms with Crippen LogP contribution in [0, 0.1) is 6.92 Å². The highest BCUT2D eigenvalue weighted by atomic mass is 79.9. The van der Waals surface area contributed by atoms with E-state index in [4.69, 9.17) is 16.1 Å². The summed E-state index contributed by atoms with van der Waals surface area (Å²) in [6, 6.07) is 12.6. The molecule has 0 aliphatic rings. The average Bonchev–Trinajstić information content (AvgIpc) is 3.20. The van der Waals surface area contributed by atoms with Gasteiger partial charge in [-0.15, -0.1) is 0 Å². The molecule has 3 aromatic rings. The maximum atomic E-state index is 12.3. The molecule has 1 heterocycles. The van der Waals surface area contributed by atoms with Gasteiger partial charge in [-0.25, -0.2) is 8.42 Å². The lowest BCUT2D eigenvalue weighted by Crippen LogP contribution is -2.32. The highest BCUT2D eigenvalue weighted by molar-refractivity contribution is 9.10. The molecule has 0 saturated carbocycles. The van der Waals surface area contributed by atoms with Crippen molar-refractivity contribution >= 4 is 49.1 Å². The summed E-state index contributed by atoms with van der Waals surface area (Å²) in [6.07, 6.45) is 1.60. The van der Waals surface area contributed by atoms with Crippen molar-refractivity contribution in [3.8, 4) is 11.4 Å². The van der Waals surface area contributed by atoms with Crippen LogP contribution in [0.1, 0.15) is 24.3 Å². The van der Waals surface area contributed by atoms with Gasteiger partial charge in [-0.1, -0.05) is 50.9 Å². The van der Waals surface area contributed by atoms with Gasteiger partial charge in [-0.3, -0.25) is 9.10 Å². The van der Waals surface area contributed by atoms with Crippen molar-refractivity contribution in [1.29, 1.82) is 0 Å². The fraction of sp³-hybridized carbons (Fsp3) is 0.286. The van der Waals surface area contributed by atoms with E-state index in [9.17, 15) is 13.2 Å². The third-order valence-corrected chi connectivity index (χ3v) is 6.74. The minimum absolute atomic E-state index is 0.0863. The Morgan fingerprint density at radius 2 is 2.00 bits per heavy atom. The summed E-state index contributed by atoms with van der Waals surface area (Å²) in [4.78, 5) is 16.5. The molecular weight excluding hydrogens is 520 g/mol. The number of amides is 1. The lowest BCUT2D eigenvalue weighted by atomic mass is 10.2. The van der Waals surface area contributed by atoms with Crippen molar-refractivity contribution < 1.29 is 17.7 Å². The molecule has 0 fully saturated rings. The topological polar surface area (TPSA) is 105 Å². The number of nitrogens with zero attached hydrogens (tertiary/aromatic N) is 3. The van der Waals surface area contributed by atoms with E-state index >= 15 is 0 Å². The van der Waals surface area contributed by atoms with Gasteiger partial charge < -0.3 is 9.84 Å². The molecule has 0 saturated heterocycles. The van der Waals surface area contributed by atoms with Crippen molar-refractivity contribution in [3.63, 3.8) is 0 Å². The first-order chi connectivity index (χ1) is 15.1. The van der Waals surface area contributed by atoms with Crippen molar-refractivity contribution in [1.82, 2.24) is 15.5 Å². The molecule has 1 aromatic heterocycles. The summed E-state index contributed by atoms with van der Waals surface area (Å²) in [5.41, 5.74) is 1.96. The number of hydrogen-bond acceptors (Lipinski definition) is 6. The highest BCUT2D eigenvalue weighted by Gasteiger charge is 2.20. The van der Waals surface area contributed by atoms with Crippen LogP contribution >= 0.6 is 27.5 Å². The second-order valence-corrected chi connectivity index (χ2v) is 10.4. The van der Waals surface area contributed by atoms with Crippen LogP contribution in [0.5, 0.6) is 0 Å². The maximum Gasteiger partial charge on any atom is 0.246 e. The fourth-order valence-electron chi connectivity index (χ4n) is 3.05. The standard InChI is InChI=1S/C21H22BrClN4O4S/c1-14-17(23)8-4-9-18(14)27(32(2,29)30)11-5-10-19(28)24-13-20-25-21(26-31-20)15-6-3-7-16(22)12-15/h3-4,6-9,12H,5,10-11,13H2,1-2H3,(H,24,28). The Labute approximate surface area is 200 Å². The normalized spacial score (nSPS) is 11.4. The predicted octanol–water partition coefficient (Wildman–Crippen LogP) is 4.32. The molecule has 0 atom stereocenters. The molecule has 0 bridgehead atoms. The van der Waals surface area contributed by atoms with Crippen molar-refractivity contribution in [2.45, 2.75) is 26.3 Å². The number of carbonyl (C=O) groups is 1. The number of hydrogen-bond donors (Lipinski definition) is 1. The van der Waals surface area contributed by atoms with Gasteiger partial charge in [0.25, 0.3) is 0 Å². The number of rotatable bonds is 9. The molecule has 1 amide bonds. The van der Waals surface area contributed by atoms with Crippen LogP contribution in [0.2, 0.25) is 5.02 Å². The van der Waals surface area contributed by atoms with Crippen LogP contribution in [0.25, 0.3) is 11.4 Å². The van der Waals surface area contributed by atoms with Gasteiger partial charge in [0.2, 0.25) is 27.6 Å². The molecule has 3 rings (SSSR count). The van der Waals surface area contributed by atoms with Crippen LogP contribution in [-0.2, 0) is 21.4 Å². The fourth-order valence-corrected chi connectivity index (χ4v) is 4.63. The second kappa shape index (κ2) is 10.5. The first kappa shape index (κ1) is 24.2. The second-order valence-electron chi connectivity index (χ2n) is 7.12. The Bertz CT molecular complexity index is 1220. The molecule has 0 aliphatic carbocycles. The van der Waals surface area contributed by atoms with Gasteiger partial charge >= 0.3 is 0 Å². The Kier molecular flexibility index (Phi) is 7.91. The van der Waals surface area contributed by atoms with Crippen LogP contribution in [-0.4, -0.2) is 37.3 Å². The minimum Gasteiger partial charge on any atom is -0.347 e. The van der Waals surface area contributed by atoms with Gasteiger partial charge in [-0.05, 0) is 43.2 Å². The highest BCUT2D eigenvalue weighted by Crippen LogP contribution is 2.28. The zero-order valence-electron chi connectivity index (χ0n) is 17.5. The summed E-state index contributed by atoms with van der Waals surface area (Å²) in [5, 5.41) is 7.12. The van der Waals surface area contributed by atoms with Crippen molar-refractivity contribution in [3.05, 3.63) is 63.4 Å². The van der Waals surface area contributed by atoms with E-state index in [1.807, 2.05) is 24.3 Å². The lowest BCUT2D eigenvalue weighted by molar-refractivity contribution is -0.121. The summed E-state index contributed by atoms with van der Waals surface area (Å²) in [5.74, 6) is 0.459. The number of sulfonamides is 1. The largest absolute Gasteiger partial charge is 0.347 e. The molecule has 11 heteroatoms. The predicted molar refractivity (Wildman–Crippen MR) is 127 cm³/mol. The summed E-state index contributed by atoms with van der Waals surface area (Å²) in [7, 11) is -3.53. The van der Waals surface area contributed by atoms with E-state index in [1.165, 1.54) is 4.31 Å². The van der Waals surface area contributed by atoms with E-state index in [-0.39, 0.29) is 31.3 Å². The smallest absolute Gasteiger partial charge is 0.246 e. The lowest BCUT2D eigenvalue weighted by Gasteiger charge is -2.24. The van der Waals surface area contributed by atoms with E-state index in [0.717, 1.165) is 16.3 Å². The van der Waals surface area contributed by atoms with Gasteiger partial charge in [0.05, 0.1) is 18.5 Å². The molecular formula is C21H22BrClN4O4S. The van der Waals surface area contributed by atoms with E-state index < -0.39 is 10.0 Å². The molecule has 170 valence electrons. The zero-order valence-corrected chi connectivity index (χ0v) is 20.7. The van der Waals surface area contributed by atoms with E-state index in [0.29, 0.717) is 28.5 Å². The first-order valence-electron chi connectivity index (χ1n) is 9.73. The molecule has 32 heavy (non-hydrogen) atoms. The van der Waals surface area contributed by atoms with Gasteiger partial charge in [0, 0.05) is 28.0 Å². The van der Waals surface area contributed by atoms with Crippen molar-refractivity contribution in [2.75, 3.05) is 17.1 Å². The zero-order chi connectivity index (χ0) is 23.3. The number of nitrogens with one attached hydrogen (secondary N) is 1. The Morgan fingerprint density at radius 3 is 2.72 bits per heavy atom. The Balaban J connectivity index is 1.54. The summed E-state index contributed by atoms with van der Waals surface area (Å²) >= 11 is 9.53. The number of halogens is 2. The Morgan fingerprint density at radius 1 is 1.25 bits per heavy atom. The first-order valence-corrected chi connectivity index (χ1v) is 12.7. The van der Waals surface area contributed by atoms with Crippen LogP contribution in [0.3, 0.4) is 0 Å². The van der Waals surface area contributed by atoms with Crippen LogP contribution in [0.4, 0.5) is 5.69 Å². The van der Waals surface area contributed by atoms with Crippen molar-refractivity contribution in [2.24, 2.45) is 0 Å². The molecule has 2 aromatic carbocycles. The average molecular weight is 542 g/mol. The third kappa shape index (κ3) is 6.30. The number of aromatic nitrogens is 2. The molecule has 1 N–H and O–H groups in total. The van der Waals surface area contributed by atoms with E-state index in [2.05, 4.69) is 31.4 Å². The van der Waals surface area contributed by atoms with Gasteiger partial charge in [0.15, 0.2) is 0 Å². The van der Waals surface area contributed by atoms with Gasteiger partial charge in [-0.2, -0.15) is 4.98 Å². The van der Waals surface area contributed by atoms with Crippen LogP contribution in [0.15, 0.2) is 51.5 Å². The number of anilines is 1. The Hall–Kier alpha value is -2.43. The summed E-state index contributed by atoms with van der Waals surface area (Å²) < 4.78 is 31.9. The quantitative estimate of drug-likeness (QED) is 0.432. The third-order valence-electron chi connectivity index (χ3n) is 4.66. The molecule has 0 spiro atoms. The minimum atomic E-state index is -3.53. The van der Waals surface area contributed by atoms with E-state index in [1.54, 1.807) is 25.1 Å². The SMILES string of the molecule is Cc1c(Cl)cccc1N(CCCC(=O)NCc1nc(-c2cccc(Br)c2)no1)S(C)(=O)=O. The number of benzene rings is 2. The summed E-state index contributed by atoms with van der Waals surface area (Å²) in [6.45, 7) is 2.00. The van der Waals surface area contributed by atoms with Crippen LogP contribution < -0.4 is 9.62 Å². The number of carbonyl (C=O) groups excluding carboxylic acids is 1. The molecule has 0 aliphatic heterocycles. The molecule has 0 radical (unpaired) electrons. The maximum absolute atomic E-state index is 12.3.